The third-order valence-corrected chi connectivity index (χ3v) is 1.49. The third kappa shape index (κ3) is 1.40. The van der Waals surface area contributed by atoms with E-state index in [9.17, 15) is 0 Å². The zero-order valence-electron chi connectivity index (χ0n) is 5.38. The van der Waals surface area contributed by atoms with Crippen molar-refractivity contribution in [3.8, 4) is 0 Å². The van der Waals surface area contributed by atoms with Gasteiger partial charge in [-0.25, -0.2) is 0 Å². The highest BCUT2D eigenvalue weighted by atomic mass is 14.6. The molecule has 50 valence electrons. The summed E-state index contributed by atoms with van der Waals surface area (Å²) in [6.07, 6.45) is 6.24. The molecule has 0 heterocycles. The summed E-state index contributed by atoms with van der Waals surface area (Å²) in [5, 5.41) is 0. The molecule has 0 radical (unpaired) electrons. The molecule has 1 atom stereocenters. The molecule has 0 amide bonds. The van der Waals surface area contributed by atoms with Crippen molar-refractivity contribution in [3.63, 3.8) is 0 Å². The van der Waals surface area contributed by atoms with Gasteiger partial charge in [-0.2, -0.15) is 0 Å². The maximum atomic E-state index is 5.41. The second-order valence-electron chi connectivity index (χ2n) is 2.20. The molecular formula is C7H12N2. The minimum atomic E-state index is 0.434. The van der Waals surface area contributed by atoms with Gasteiger partial charge in [-0.15, -0.1) is 0 Å². The first-order valence-corrected chi connectivity index (χ1v) is 3.16. The molecule has 0 aliphatic heterocycles. The number of rotatable bonds is 2. The molecule has 1 aliphatic carbocycles. The quantitative estimate of drug-likeness (QED) is 0.545. The second-order valence-corrected chi connectivity index (χ2v) is 2.20. The first kappa shape index (κ1) is 6.52. The minimum Gasteiger partial charge on any atom is -0.330 e. The molecule has 1 rings (SSSR count). The Kier molecular flexibility index (Phi) is 2.03. The van der Waals surface area contributed by atoms with Gasteiger partial charge in [0.05, 0.1) is 0 Å². The Hall–Kier alpha value is -0.600. The third-order valence-electron chi connectivity index (χ3n) is 1.49. The van der Waals surface area contributed by atoms with E-state index >= 15 is 0 Å². The predicted molar refractivity (Wildman–Crippen MR) is 38.8 cm³/mol. The van der Waals surface area contributed by atoms with E-state index in [2.05, 4.69) is 12.2 Å². The van der Waals surface area contributed by atoms with Gasteiger partial charge in [0.2, 0.25) is 0 Å². The zero-order chi connectivity index (χ0) is 6.69. The summed E-state index contributed by atoms with van der Waals surface area (Å²) in [4.78, 5) is 0. The van der Waals surface area contributed by atoms with Crippen LogP contribution in [0.5, 0.6) is 0 Å². The first-order valence-electron chi connectivity index (χ1n) is 3.16. The van der Waals surface area contributed by atoms with E-state index in [1.54, 1.807) is 0 Å². The summed E-state index contributed by atoms with van der Waals surface area (Å²) in [5.74, 6) is 0.434. The first-order chi connectivity index (χ1) is 4.36. The molecule has 9 heavy (non-hydrogen) atoms. The van der Waals surface area contributed by atoms with Gasteiger partial charge in [0, 0.05) is 19.0 Å². The molecule has 0 aromatic carbocycles. The fourth-order valence-corrected chi connectivity index (χ4v) is 0.916. The Bertz CT molecular complexity index is 147. The van der Waals surface area contributed by atoms with Crippen molar-refractivity contribution < 1.29 is 0 Å². The molecule has 0 spiro atoms. The van der Waals surface area contributed by atoms with Crippen molar-refractivity contribution in [2.45, 2.75) is 0 Å². The fraction of sp³-hybridized carbons (Fsp3) is 0.429. The summed E-state index contributed by atoms with van der Waals surface area (Å²) >= 11 is 0. The van der Waals surface area contributed by atoms with E-state index in [4.69, 9.17) is 11.5 Å². The van der Waals surface area contributed by atoms with Crippen molar-refractivity contribution in [1.29, 1.82) is 0 Å². The van der Waals surface area contributed by atoms with Gasteiger partial charge in [0.25, 0.3) is 0 Å². The van der Waals surface area contributed by atoms with Crippen molar-refractivity contribution in [2.24, 2.45) is 17.4 Å². The molecule has 2 nitrogen and oxygen atoms in total. The summed E-state index contributed by atoms with van der Waals surface area (Å²) < 4.78 is 0. The number of hydrogen-bond donors (Lipinski definition) is 2. The van der Waals surface area contributed by atoms with Gasteiger partial charge in [-0.05, 0) is 5.57 Å². The number of hydrogen-bond acceptors (Lipinski definition) is 2. The molecule has 1 unspecified atom stereocenters. The van der Waals surface area contributed by atoms with Crippen LogP contribution >= 0.6 is 0 Å². The minimum absolute atomic E-state index is 0.434. The number of nitrogens with two attached hydrogens (primary N) is 2. The van der Waals surface area contributed by atoms with E-state index in [-0.39, 0.29) is 0 Å². The van der Waals surface area contributed by atoms with Crippen LogP contribution < -0.4 is 11.5 Å². The van der Waals surface area contributed by atoms with Crippen LogP contribution in [0.1, 0.15) is 0 Å². The van der Waals surface area contributed by atoms with E-state index in [0.29, 0.717) is 19.0 Å². The van der Waals surface area contributed by atoms with Crippen LogP contribution in [-0.2, 0) is 0 Å². The fourth-order valence-electron chi connectivity index (χ4n) is 0.916. The van der Waals surface area contributed by atoms with E-state index in [1.165, 1.54) is 5.57 Å². The lowest BCUT2D eigenvalue weighted by atomic mass is 10.2. The molecule has 1 aliphatic rings. The van der Waals surface area contributed by atoms with Crippen LogP contribution in [0.2, 0.25) is 0 Å². The molecule has 0 fully saturated rings. The van der Waals surface area contributed by atoms with Gasteiger partial charge < -0.3 is 11.5 Å². The van der Waals surface area contributed by atoms with Crippen molar-refractivity contribution in [3.05, 3.63) is 23.8 Å². The van der Waals surface area contributed by atoms with Gasteiger partial charge >= 0.3 is 0 Å². The van der Waals surface area contributed by atoms with Crippen LogP contribution in [0.15, 0.2) is 23.8 Å². The highest BCUT2D eigenvalue weighted by molar-refractivity contribution is 5.29. The second kappa shape index (κ2) is 2.80. The molecule has 4 N–H and O–H groups in total. The highest BCUT2D eigenvalue weighted by Gasteiger charge is 2.04. The van der Waals surface area contributed by atoms with E-state index in [0.717, 1.165) is 0 Å². The summed E-state index contributed by atoms with van der Waals surface area (Å²) in [6, 6.07) is 0. The molecule has 0 aromatic rings. The largest absolute Gasteiger partial charge is 0.330 e. The van der Waals surface area contributed by atoms with E-state index in [1.807, 2.05) is 6.08 Å². The topological polar surface area (TPSA) is 52.0 Å². The van der Waals surface area contributed by atoms with Crippen molar-refractivity contribution in [1.82, 2.24) is 0 Å². The standard InChI is InChI=1S/C7H12N2/c8-4-6-1-2-7(3-6)5-9/h1-3,6H,4-5,8-9H2. The Balaban J connectivity index is 2.52. The molecular weight excluding hydrogens is 112 g/mol. The average molecular weight is 124 g/mol. The predicted octanol–water partition coefficient (Wildman–Crippen LogP) is 0.0162. The van der Waals surface area contributed by atoms with Crippen LogP contribution in [0.25, 0.3) is 0 Å². The SMILES string of the molecule is NCC1=CC(CN)C=C1. The summed E-state index contributed by atoms with van der Waals surface area (Å²) in [7, 11) is 0. The Morgan fingerprint density at radius 3 is 2.56 bits per heavy atom. The molecule has 2 heteroatoms. The van der Waals surface area contributed by atoms with Crippen molar-refractivity contribution >= 4 is 0 Å². The van der Waals surface area contributed by atoms with Crippen molar-refractivity contribution in [2.75, 3.05) is 13.1 Å². The summed E-state index contributed by atoms with van der Waals surface area (Å²) in [6.45, 7) is 1.33. The molecule has 0 bridgehead atoms. The normalized spacial score (nSPS) is 24.7. The van der Waals surface area contributed by atoms with Crippen LogP contribution in [0.4, 0.5) is 0 Å². The molecule has 0 saturated carbocycles. The monoisotopic (exact) mass is 124 g/mol. The lowest BCUT2D eigenvalue weighted by Gasteiger charge is -1.95. The van der Waals surface area contributed by atoms with E-state index < -0.39 is 0 Å². The van der Waals surface area contributed by atoms with Gasteiger partial charge in [0.15, 0.2) is 0 Å². The Labute approximate surface area is 55.2 Å². The molecule has 0 aromatic heterocycles. The average Bonchev–Trinajstić information content (AvgIpc) is 2.34. The Morgan fingerprint density at radius 1 is 1.44 bits per heavy atom. The van der Waals surface area contributed by atoms with Crippen LogP contribution in [-0.4, -0.2) is 13.1 Å². The Morgan fingerprint density at radius 2 is 2.22 bits per heavy atom. The van der Waals surface area contributed by atoms with Crippen LogP contribution in [0, 0.1) is 5.92 Å². The maximum Gasteiger partial charge on any atom is 0.0175 e. The van der Waals surface area contributed by atoms with Gasteiger partial charge in [-0.1, -0.05) is 18.2 Å². The smallest absolute Gasteiger partial charge is 0.0175 e. The summed E-state index contributed by atoms with van der Waals surface area (Å²) in [5.41, 5.74) is 12.0. The van der Waals surface area contributed by atoms with Crippen LogP contribution in [0.3, 0.4) is 0 Å². The highest BCUT2D eigenvalue weighted by Crippen LogP contribution is 2.12. The zero-order valence-corrected chi connectivity index (χ0v) is 5.38. The molecule has 0 saturated heterocycles. The van der Waals surface area contributed by atoms with Gasteiger partial charge in [0.1, 0.15) is 0 Å². The maximum absolute atomic E-state index is 5.41. The lowest BCUT2D eigenvalue weighted by molar-refractivity contribution is 0.828. The van der Waals surface area contributed by atoms with Gasteiger partial charge in [-0.3, -0.25) is 0 Å². The lowest BCUT2D eigenvalue weighted by Crippen LogP contribution is -2.08.